The Hall–Kier alpha value is -1.06. The SMILES string of the molecule is O=C(N[C@@H]1CCNC1)c1cccc(Cl)c1. The summed E-state index contributed by atoms with van der Waals surface area (Å²) in [5.41, 5.74) is 0.620. The maximum absolute atomic E-state index is 11.8. The molecule has 0 aliphatic carbocycles. The van der Waals surface area contributed by atoms with E-state index in [1.165, 1.54) is 0 Å². The molecule has 4 heteroatoms. The molecule has 1 aliphatic rings. The summed E-state index contributed by atoms with van der Waals surface area (Å²) in [6.45, 7) is 1.83. The number of carbonyl (C=O) groups is 1. The summed E-state index contributed by atoms with van der Waals surface area (Å²) < 4.78 is 0. The quantitative estimate of drug-likeness (QED) is 0.798. The highest BCUT2D eigenvalue weighted by Gasteiger charge is 2.17. The smallest absolute Gasteiger partial charge is 0.251 e. The number of rotatable bonds is 2. The minimum atomic E-state index is -0.0498. The zero-order chi connectivity index (χ0) is 10.7. The molecule has 3 nitrogen and oxygen atoms in total. The average molecular weight is 225 g/mol. The molecule has 1 amide bonds. The minimum Gasteiger partial charge on any atom is -0.348 e. The van der Waals surface area contributed by atoms with Crippen molar-refractivity contribution in [3.63, 3.8) is 0 Å². The third kappa shape index (κ3) is 2.70. The van der Waals surface area contributed by atoms with Crippen LogP contribution in [-0.4, -0.2) is 25.0 Å². The Morgan fingerprint density at radius 2 is 2.40 bits per heavy atom. The van der Waals surface area contributed by atoms with Crippen molar-refractivity contribution >= 4 is 17.5 Å². The second-order valence-corrected chi connectivity index (χ2v) is 4.11. The Morgan fingerprint density at radius 1 is 1.53 bits per heavy atom. The lowest BCUT2D eigenvalue weighted by Crippen LogP contribution is -2.36. The molecule has 15 heavy (non-hydrogen) atoms. The molecule has 0 unspecified atom stereocenters. The van der Waals surface area contributed by atoms with Crippen molar-refractivity contribution < 1.29 is 4.79 Å². The van der Waals surface area contributed by atoms with E-state index in [2.05, 4.69) is 10.6 Å². The van der Waals surface area contributed by atoms with Gasteiger partial charge in [0.25, 0.3) is 5.91 Å². The number of benzene rings is 1. The first-order chi connectivity index (χ1) is 7.25. The zero-order valence-electron chi connectivity index (χ0n) is 8.29. The summed E-state index contributed by atoms with van der Waals surface area (Å²) in [7, 11) is 0. The van der Waals surface area contributed by atoms with Crippen molar-refractivity contribution in [1.29, 1.82) is 0 Å². The Labute approximate surface area is 93.8 Å². The van der Waals surface area contributed by atoms with E-state index in [0.29, 0.717) is 10.6 Å². The van der Waals surface area contributed by atoms with Gasteiger partial charge in [-0.2, -0.15) is 0 Å². The van der Waals surface area contributed by atoms with Gasteiger partial charge in [-0.25, -0.2) is 0 Å². The van der Waals surface area contributed by atoms with Crippen LogP contribution < -0.4 is 10.6 Å². The molecule has 1 aliphatic heterocycles. The van der Waals surface area contributed by atoms with E-state index < -0.39 is 0 Å². The van der Waals surface area contributed by atoms with Crippen LogP contribution in [0.2, 0.25) is 5.02 Å². The Morgan fingerprint density at radius 3 is 3.07 bits per heavy atom. The van der Waals surface area contributed by atoms with E-state index in [1.54, 1.807) is 24.3 Å². The van der Waals surface area contributed by atoms with Gasteiger partial charge < -0.3 is 10.6 Å². The van der Waals surface area contributed by atoms with E-state index in [0.717, 1.165) is 19.5 Å². The van der Waals surface area contributed by atoms with Gasteiger partial charge >= 0.3 is 0 Å². The second-order valence-electron chi connectivity index (χ2n) is 3.67. The van der Waals surface area contributed by atoms with Gasteiger partial charge in [-0.3, -0.25) is 4.79 Å². The Balaban J connectivity index is 2.01. The first-order valence-electron chi connectivity index (χ1n) is 5.03. The number of halogens is 1. The lowest BCUT2D eigenvalue weighted by Gasteiger charge is -2.11. The zero-order valence-corrected chi connectivity index (χ0v) is 9.05. The summed E-state index contributed by atoms with van der Waals surface area (Å²) >= 11 is 5.81. The predicted molar refractivity (Wildman–Crippen MR) is 60.2 cm³/mol. The molecule has 0 spiro atoms. The minimum absolute atomic E-state index is 0.0498. The molecule has 0 aromatic heterocycles. The van der Waals surface area contributed by atoms with Gasteiger partial charge in [0, 0.05) is 23.2 Å². The topological polar surface area (TPSA) is 41.1 Å². The monoisotopic (exact) mass is 224 g/mol. The van der Waals surface area contributed by atoms with Crippen LogP contribution in [0.3, 0.4) is 0 Å². The maximum atomic E-state index is 11.8. The molecule has 80 valence electrons. The molecular formula is C11H13ClN2O. The lowest BCUT2D eigenvalue weighted by molar-refractivity contribution is 0.0940. The van der Waals surface area contributed by atoms with Crippen LogP contribution in [0.15, 0.2) is 24.3 Å². The maximum Gasteiger partial charge on any atom is 0.251 e. The van der Waals surface area contributed by atoms with Crippen molar-refractivity contribution in [2.24, 2.45) is 0 Å². The third-order valence-electron chi connectivity index (χ3n) is 2.48. The number of hydrogen-bond donors (Lipinski definition) is 2. The summed E-state index contributed by atoms with van der Waals surface area (Å²) in [4.78, 5) is 11.8. The van der Waals surface area contributed by atoms with Gasteiger partial charge in [0.05, 0.1) is 0 Å². The van der Waals surface area contributed by atoms with Crippen LogP contribution in [0.4, 0.5) is 0 Å². The van der Waals surface area contributed by atoms with E-state index in [-0.39, 0.29) is 11.9 Å². The fourth-order valence-electron chi connectivity index (χ4n) is 1.68. The molecule has 1 heterocycles. The fraction of sp³-hybridized carbons (Fsp3) is 0.364. The van der Waals surface area contributed by atoms with E-state index >= 15 is 0 Å². The van der Waals surface area contributed by atoms with Crippen molar-refractivity contribution in [2.75, 3.05) is 13.1 Å². The van der Waals surface area contributed by atoms with Crippen LogP contribution >= 0.6 is 11.6 Å². The van der Waals surface area contributed by atoms with Gasteiger partial charge in [0.2, 0.25) is 0 Å². The van der Waals surface area contributed by atoms with Crippen molar-refractivity contribution in [3.05, 3.63) is 34.9 Å². The molecule has 2 N–H and O–H groups in total. The largest absolute Gasteiger partial charge is 0.348 e. The Bertz CT molecular complexity index is 361. The van der Waals surface area contributed by atoms with Crippen LogP contribution in [0, 0.1) is 0 Å². The standard InChI is InChI=1S/C11H13ClN2O/c12-9-3-1-2-8(6-9)11(15)14-10-4-5-13-7-10/h1-3,6,10,13H,4-5,7H2,(H,14,15)/t10-/m1/s1. The molecule has 1 aromatic carbocycles. The molecule has 1 fully saturated rings. The number of amides is 1. The molecule has 2 rings (SSSR count). The summed E-state index contributed by atoms with van der Waals surface area (Å²) in [6.07, 6.45) is 0.992. The van der Waals surface area contributed by atoms with Crippen LogP contribution in [0.1, 0.15) is 16.8 Å². The van der Waals surface area contributed by atoms with Gasteiger partial charge in [0.1, 0.15) is 0 Å². The van der Waals surface area contributed by atoms with Gasteiger partial charge in [-0.05, 0) is 31.2 Å². The number of nitrogens with one attached hydrogen (secondary N) is 2. The van der Waals surface area contributed by atoms with Crippen molar-refractivity contribution in [2.45, 2.75) is 12.5 Å². The highest BCUT2D eigenvalue weighted by atomic mass is 35.5. The fourth-order valence-corrected chi connectivity index (χ4v) is 1.87. The summed E-state index contributed by atoms with van der Waals surface area (Å²) in [5.74, 6) is -0.0498. The third-order valence-corrected chi connectivity index (χ3v) is 2.72. The number of hydrogen-bond acceptors (Lipinski definition) is 2. The summed E-state index contributed by atoms with van der Waals surface area (Å²) in [6, 6.07) is 7.24. The van der Waals surface area contributed by atoms with Crippen molar-refractivity contribution in [3.8, 4) is 0 Å². The van der Waals surface area contributed by atoms with Crippen LogP contribution in [0.25, 0.3) is 0 Å². The van der Waals surface area contributed by atoms with Gasteiger partial charge in [0.15, 0.2) is 0 Å². The van der Waals surface area contributed by atoms with Crippen molar-refractivity contribution in [1.82, 2.24) is 10.6 Å². The molecular weight excluding hydrogens is 212 g/mol. The highest BCUT2D eigenvalue weighted by Crippen LogP contribution is 2.11. The lowest BCUT2D eigenvalue weighted by atomic mass is 10.2. The molecule has 0 saturated carbocycles. The predicted octanol–water partition coefficient (Wildman–Crippen LogP) is 1.43. The normalized spacial score (nSPS) is 20.2. The molecule has 1 aromatic rings. The van der Waals surface area contributed by atoms with E-state index in [9.17, 15) is 4.79 Å². The average Bonchev–Trinajstić information content (AvgIpc) is 2.70. The van der Waals surface area contributed by atoms with Crippen LogP contribution in [-0.2, 0) is 0 Å². The molecule has 1 atom stereocenters. The molecule has 0 radical (unpaired) electrons. The van der Waals surface area contributed by atoms with Gasteiger partial charge in [-0.15, -0.1) is 0 Å². The van der Waals surface area contributed by atoms with E-state index in [4.69, 9.17) is 11.6 Å². The van der Waals surface area contributed by atoms with E-state index in [1.807, 2.05) is 0 Å². The molecule has 1 saturated heterocycles. The first kappa shape index (κ1) is 10.5. The summed E-state index contributed by atoms with van der Waals surface area (Å²) in [5, 5.41) is 6.75. The van der Waals surface area contributed by atoms with Gasteiger partial charge in [-0.1, -0.05) is 17.7 Å². The number of carbonyl (C=O) groups excluding carboxylic acids is 1. The second kappa shape index (κ2) is 4.64. The highest BCUT2D eigenvalue weighted by molar-refractivity contribution is 6.30. The van der Waals surface area contributed by atoms with Crippen LogP contribution in [0.5, 0.6) is 0 Å². The molecule has 0 bridgehead atoms. The Kier molecular flexibility index (Phi) is 3.23. The first-order valence-corrected chi connectivity index (χ1v) is 5.40.